The third-order valence-corrected chi connectivity index (χ3v) is 3.51. The predicted molar refractivity (Wildman–Crippen MR) is 71.3 cm³/mol. The average molecular weight is 248 g/mol. The van der Waals surface area contributed by atoms with Crippen LogP contribution in [-0.2, 0) is 13.2 Å². The van der Waals surface area contributed by atoms with Crippen LogP contribution in [0.5, 0.6) is 0 Å². The number of aliphatic hydroxyl groups is 1. The van der Waals surface area contributed by atoms with E-state index in [1.54, 1.807) is 17.5 Å². The third kappa shape index (κ3) is 2.84. The molecule has 2 aromatic rings. The van der Waals surface area contributed by atoms with Gasteiger partial charge in [0.15, 0.2) is 0 Å². The Bertz CT molecular complexity index is 482. The summed E-state index contributed by atoms with van der Waals surface area (Å²) in [5.41, 5.74) is 2.89. The van der Waals surface area contributed by atoms with Gasteiger partial charge in [-0.3, -0.25) is 4.98 Å². The Hall–Kier alpha value is -1.39. The molecule has 0 atom stereocenters. The van der Waals surface area contributed by atoms with Crippen LogP contribution in [-0.4, -0.2) is 17.1 Å². The van der Waals surface area contributed by atoms with Gasteiger partial charge in [0, 0.05) is 35.1 Å². The maximum absolute atomic E-state index is 9.32. The van der Waals surface area contributed by atoms with Crippen molar-refractivity contribution in [2.75, 3.05) is 11.9 Å². The van der Waals surface area contributed by atoms with E-state index in [4.69, 9.17) is 0 Å². The Labute approximate surface area is 105 Å². The summed E-state index contributed by atoms with van der Waals surface area (Å²) in [5.74, 6) is 0. The largest absolute Gasteiger partial charge is 0.392 e. The number of hydrogen-bond donors (Lipinski definition) is 1. The Morgan fingerprint density at radius 2 is 2.29 bits per heavy atom. The number of thiophene rings is 1. The molecule has 0 bridgehead atoms. The van der Waals surface area contributed by atoms with Crippen LogP contribution in [0.15, 0.2) is 29.8 Å². The molecular formula is C13H16N2OS. The van der Waals surface area contributed by atoms with Crippen molar-refractivity contribution in [2.45, 2.75) is 20.1 Å². The fraction of sp³-hybridized carbons (Fsp3) is 0.308. The summed E-state index contributed by atoms with van der Waals surface area (Å²) >= 11 is 1.74. The number of pyridine rings is 1. The van der Waals surface area contributed by atoms with E-state index in [1.165, 1.54) is 4.88 Å². The minimum absolute atomic E-state index is 0.0252. The molecule has 17 heavy (non-hydrogen) atoms. The van der Waals surface area contributed by atoms with Gasteiger partial charge in [-0.15, -0.1) is 11.3 Å². The van der Waals surface area contributed by atoms with E-state index in [-0.39, 0.29) is 6.61 Å². The highest BCUT2D eigenvalue weighted by molar-refractivity contribution is 7.09. The van der Waals surface area contributed by atoms with Crippen molar-refractivity contribution >= 4 is 17.0 Å². The van der Waals surface area contributed by atoms with Crippen LogP contribution in [0.3, 0.4) is 0 Å². The molecule has 2 rings (SSSR count). The van der Waals surface area contributed by atoms with Crippen molar-refractivity contribution in [3.05, 3.63) is 45.9 Å². The van der Waals surface area contributed by atoms with Crippen molar-refractivity contribution in [3.8, 4) is 0 Å². The SMILES string of the molecule is Cc1cc(N(C)Cc2cccs2)c(CO)cn1. The molecule has 0 saturated carbocycles. The summed E-state index contributed by atoms with van der Waals surface area (Å²) in [7, 11) is 2.04. The highest BCUT2D eigenvalue weighted by Gasteiger charge is 2.09. The second-order valence-corrected chi connectivity index (χ2v) is 5.08. The zero-order valence-electron chi connectivity index (χ0n) is 10.1. The zero-order chi connectivity index (χ0) is 12.3. The molecule has 90 valence electrons. The topological polar surface area (TPSA) is 36.4 Å². The van der Waals surface area contributed by atoms with Crippen LogP contribution in [0.2, 0.25) is 0 Å². The van der Waals surface area contributed by atoms with Gasteiger partial charge in [0.2, 0.25) is 0 Å². The molecule has 0 aliphatic carbocycles. The smallest absolute Gasteiger partial charge is 0.0717 e. The van der Waals surface area contributed by atoms with Crippen molar-refractivity contribution in [1.29, 1.82) is 0 Å². The number of aromatic nitrogens is 1. The fourth-order valence-electron chi connectivity index (χ4n) is 1.77. The second-order valence-electron chi connectivity index (χ2n) is 4.05. The van der Waals surface area contributed by atoms with Gasteiger partial charge in [-0.25, -0.2) is 0 Å². The van der Waals surface area contributed by atoms with E-state index < -0.39 is 0 Å². The summed E-state index contributed by atoms with van der Waals surface area (Å²) < 4.78 is 0. The summed E-state index contributed by atoms with van der Waals surface area (Å²) in [6.07, 6.45) is 1.75. The second kappa shape index (κ2) is 5.29. The van der Waals surface area contributed by atoms with Gasteiger partial charge in [-0.2, -0.15) is 0 Å². The maximum atomic E-state index is 9.32. The van der Waals surface area contributed by atoms with E-state index in [2.05, 4.69) is 27.4 Å². The summed E-state index contributed by atoms with van der Waals surface area (Å²) in [5, 5.41) is 11.4. The highest BCUT2D eigenvalue weighted by Crippen LogP contribution is 2.22. The normalized spacial score (nSPS) is 10.5. The van der Waals surface area contributed by atoms with Crippen LogP contribution >= 0.6 is 11.3 Å². The predicted octanol–water partition coefficient (Wildman–Crippen LogP) is 2.58. The molecule has 1 N–H and O–H groups in total. The van der Waals surface area contributed by atoms with Gasteiger partial charge in [-0.1, -0.05) is 6.07 Å². The number of aliphatic hydroxyl groups excluding tert-OH is 1. The molecule has 0 saturated heterocycles. The van der Waals surface area contributed by atoms with Gasteiger partial charge >= 0.3 is 0 Å². The van der Waals surface area contributed by atoms with Crippen molar-refractivity contribution in [3.63, 3.8) is 0 Å². The molecule has 0 fully saturated rings. The summed E-state index contributed by atoms with van der Waals surface area (Å²) in [6.45, 7) is 2.84. The fourth-order valence-corrected chi connectivity index (χ4v) is 2.53. The Morgan fingerprint density at radius 3 is 2.94 bits per heavy atom. The van der Waals surface area contributed by atoms with Gasteiger partial charge in [0.25, 0.3) is 0 Å². The molecule has 0 spiro atoms. The molecule has 0 radical (unpaired) electrons. The highest BCUT2D eigenvalue weighted by atomic mass is 32.1. The molecule has 4 heteroatoms. The number of nitrogens with zero attached hydrogens (tertiary/aromatic N) is 2. The molecule has 0 aromatic carbocycles. The van der Waals surface area contributed by atoms with Crippen LogP contribution in [0.4, 0.5) is 5.69 Å². The lowest BCUT2D eigenvalue weighted by Gasteiger charge is -2.21. The Morgan fingerprint density at radius 1 is 1.47 bits per heavy atom. The molecule has 0 amide bonds. The van der Waals surface area contributed by atoms with Gasteiger partial charge < -0.3 is 10.0 Å². The summed E-state index contributed by atoms with van der Waals surface area (Å²) in [6, 6.07) is 6.19. The third-order valence-electron chi connectivity index (χ3n) is 2.65. The Kier molecular flexibility index (Phi) is 3.76. The molecule has 3 nitrogen and oxygen atoms in total. The lowest BCUT2D eigenvalue weighted by atomic mass is 10.2. The Balaban J connectivity index is 2.23. The quantitative estimate of drug-likeness (QED) is 0.903. The van der Waals surface area contributed by atoms with E-state index >= 15 is 0 Å². The van der Waals surface area contributed by atoms with Crippen LogP contribution < -0.4 is 4.90 Å². The molecule has 0 aliphatic heterocycles. The standard InChI is InChI=1S/C13H16N2OS/c1-10-6-13(11(9-16)7-14-10)15(2)8-12-4-3-5-17-12/h3-7,16H,8-9H2,1-2H3. The van der Waals surface area contributed by atoms with Gasteiger partial charge in [0.1, 0.15) is 0 Å². The van der Waals surface area contributed by atoms with Gasteiger partial charge in [0.05, 0.1) is 13.2 Å². The first-order valence-electron chi connectivity index (χ1n) is 5.50. The van der Waals surface area contributed by atoms with Crippen LogP contribution in [0, 0.1) is 6.92 Å². The number of hydrogen-bond acceptors (Lipinski definition) is 4. The van der Waals surface area contributed by atoms with E-state index in [9.17, 15) is 5.11 Å². The maximum Gasteiger partial charge on any atom is 0.0717 e. The lowest BCUT2D eigenvalue weighted by molar-refractivity contribution is 0.281. The van der Waals surface area contributed by atoms with Crippen molar-refractivity contribution in [2.24, 2.45) is 0 Å². The number of aryl methyl sites for hydroxylation is 1. The van der Waals surface area contributed by atoms with Gasteiger partial charge in [-0.05, 0) is 24.4 Å². The van der Waals surface area contributed by atoms with E-state index in [0.717, 1.165) is 23.5 Å². The molecule has 2 heterocycles. The number of anilines is 1. The molecule has 2 aromatic heterocycles. The molecular weight excluding hydrogens is 232 g/mol. The first kappa shape index (κ1) is 12.1. The lowest BCUT2D eigenvalue weighted by Crippen LogP contribution is -2.17. The average Bonchev–Trinajstić information content (AvgIpc) is 2.81. The van der Waals surface area contributed by atoms with E-state index in [0.29, 0.717) is 0 Å². The number of rotatable bonds is 4. The molecule has 0 unspecified atom stereocenters. The van der Waals surface area contributed by atoms with Crippen LogP contribution in [0.1, 0.15) is 16.1 Å². The van der Waals surface area contributed by atoms with E-state index in [1.807, 2.05) is 20.0 Å². The van der Waals surface area contributed by atoms with Crippen LogP contribution in [0.25, 0.3) is 0 Å². The minimum Gasteiger partial charge on any atom is -0.392 e. The monoisotopic (exact) mass is 248 g/mol. The first-order chi connectivity index (χ1) is 8.20. The molecule has 0 aliphatic rings. The zero-order valence-corrected chi connectivity index (χ0v) is 10.9. The van der Waals surface area contributed by atoms with Crippen molar-refractivity contribution in [1.82, 2.24) is 4.98 Å². The van der Waals surface area contributed by atoms with Crippen molar-refractivity contribution < 1.29 is 5.11 Å². The first-order valence-corrected chi connectivity index (χ1v) is 6.38. The minimum atomic E-state index is 0.0252. The summed E-state index contributed by atoms with van der Waals surface area (Å²) in [4.78, 5) is 7.66.